The summed E-state index contributed by atoms with van der Waals surface area (Å²) in [5.74, 6) is 1.03. The molecule has 1 N–H and O–H groups in total. The van der Waals surface area contributed by atoms with Gasteiger partial charge in [0.05, 0.1) is 5.69 Å². The van der Waals surface area contributed by atoms with E-state index in [2.05, 4.69) is 44.0 Å². The first-order valence-corrected chi connectivity index (χ1v) is 9.56. The first-order valence-electron chi connectivity index (χ1n) is 9.56. The lowest BCUT2D eigenvalue weighted by Gasteiger charge is -2.36. The van der Waals surface area contributed by atoms with Crippen LogP contribution in [0.5, 0.6) is 0 Å². The number of aliphatic imine (C=N–C) groups is 1. The van der Waals surface area contributed by atoms with Crippen molar-refractivity contribution in [2.24, 2.45) is 4.99 Å². The van der Waals surface area contributed by atoms with Crippen LogP contribution in [0.2, 0.25) is 0 Å². The van der Waals surface area contributed by atoms with Crippen molar-refractivity contribution in [3.05, 3.63) is 18.0 Å². The molecule has 0 unspecified atom stereocenters. The van der Waals surface area contributed by atoms with Gasteiger partial charge in [-0.15, -0.1) is 0 Å². The van der Waals surface area contributed by atoms with E-state index in [4.69, 9.17) is 4.52 Å². The normalized spacial score (nSPS) is 16.6. The summed E-state index contributed by atoms with van der Waals surface area (Å²) in [6.45, 7) is 13.8. The largest absolute Gasteiger partial charge is 0.364 e. The van der Waals surface area contributed by atoms with Crippen LogP contribution in [0.4, 0.5) is 0 Å². The number of nitrogens with zero attached hydrogens (tertiary/aromatic N) is 5. The van der Waals surface area contributed by atoms with Gasteiger partial charge in [-0.2, -0.15) is 0 Å². The number of aromatic nitrogens is 1. The summed E-state index contributed by atoms with van der Waals surface area (Å²) in [7, 11) is 1.88. The molecule has 1 aromatic heterocycles. The summed E-state index contributed by atoms with van der Waals surface area (Å²) >= 11 is 0. The van der Waals surface area contributed by atoms with Crippen molar-refractivity contribution in [3.8, 4) is 0 Å². The molecular formula is C18H34N6O. The van der Waals surface area contributed by atoms with E-state index >= 15 is 0 Å². The van der Waals surface area contributed by atoms with E-state index in [1.54, 1.807) is 6.26 Å². The number of piperazine rings is 1. The Morgan fingerprint density at radius 2 is 2.00 bits per heavy atom. The van der Waals surface area contributed by atoms with Crippen LogP contribution in [0.15, 0.2) is 21.8 Å². The van der Waals surface area contributed by atoms with Gasteiger partial charge in [0.25, 0.3) is 0 Å². The van der Waals surface area contributed by atoms with E-state index in [1.165, 1.54) is 19.4 Å². The molecule has 1 aliphatic heterocycles. The zero-order chi connectivity index (χ0) is 17.9. The van der Waals surface area contributed by atoms with Crippen LogP contribution < -0.4 is 5.32 Å². The maximum absolute atomic E-state index is 4.91. The quantitative estimate of drug-likeness (QED) is 0.414. The van der Waals surface area contributed by atoms with Crippen molar-refractivity contribution in [1.29, 1.82) is 0 Å². The molecule has 1 aromatic rings. The fourth-order valence-corrected chi connectivity index (χ4v) is 3.20. The number of hydrogen-bond donors (Lipinski definition) is 1. The second-order valence-corrected chi connectivity index (χ2v) is 6.46. The Balaban J connectivity index is 1.63. The van der Waals surface area contributed by atoms with E-state index in [9.17, 15) is 0 Å². The molecule has 0 spiro atoms. The van der Waals surface area contributed by atoms with Gasteiger partial charge in [-0.05, 0) is 32.5 Å². The van der Waals surface area contributed by atoms with Crippen molar-refractivity contribution in [1.82, 2.24) is 25.2 Å². The SMILES string of the molecule is CCN(CC)CCCCNC(=NC)N1CCN(Cc2ccon2)CC1. The molecule has 25 heavy (non-hydrogen) atoms. The van der Waals surface area contributed by atoms with Crippen molar-refractivity contribution in [3.63, 3.8) is 0 Å². The number of hydrogen-bond acceptors (Lipinski definition) is 5. The summed E-state index contributed by atoms with van der Waals surface area (Å²) in [5, 5.41) is 7.51. The number of unbranched alkanes of at least 4 members (excludes halogenated alkanes) is 1. The lowest BCUT2D eigenvalue weighted by atomic mass is 10.2. The van der Waals surface area contributed by atoms with E-state index in [-0.39, 0.29) is 0 Å². The van der Waals surface area contributed by atoms with Gasteiger partial charge >= 0.3 is 0 Å². The van der Waals surface area contributed by atoms with E-state index in [0.29, 0.717) is 0 Å². The first kappa shape index (κ1) is 19.7. The third-order valence-electron chi connectivity index (χ3n) is 4.84. The molecule has 7 heteroatoms. The van der Waals surface area contributed by atoms with Crippen LogP contribution in [0.25, 0.3) is 0 Å². The predicted octanol–water partition coefficient (Wildman–Crippen LogP) is 1.49. The van der Waals surface area contributed by atoms with Crippen LogP contribution in [-0.2, 0) is 6.54 Å². The number of nitrogens with one attached hydrogen (secondary N) is 1. The molecule has 7 nitrogen and oxygen atoms in total. The first-order chi connectivity index (χ1) is 12.3. The molecular weight excluding hydrogens is 316 g/mol. The average Bonchev–Trinajstić information content (AvgIpc) is 3.15. The van der Waals surface area contributed by atoms with Crippen LogP contribution in [-0.4, -0.2) is 85.2 Å². The van der Waals surface area contributed by atoms with Gasteiger partial charge in [0.15, 0.2) is 5.96 Å². The highest BCUT2D eigenvalue weighted by atomic mass is 16.5. The fourth-order valence-electron chi connectivity index (χ4n) is 3.20. The molecule has 2 heterocycles. The topological polar surface area (TPSA) is 60.1 Å². The summed E-state index contributed by atoms with van der Waals surface area (Å²) in [4.78, 5) is 11.7. The van der Waals surface area contributed by atoms with Gasteiger partial charge in [-0.25, -0.2) is 0 Å². The zero-order valence-corrected chi connectivity index (χ0v) is 16.1. The van der Waals surface area contributed by atoms with Gasteiger partial charge in [-0.3, -0.25) is 9.89 Å². The zero-order valence-electron chi connectivity index (χ0n) is 16.1. The van der Waals surface area contributed by atoms with Crippen molar-refractivity contribution >= 4 is 5.96 Å². The molecule has 0 atom stereocenters. The number of guanidine groups is 1. The highest BCUT2D eigenvalue weighted by molar-refractivity contribution is 5.79. The minimum absolute atomic E-state index is 0.863. The Morgan fingerprint density at radius 3 is 2.60 bits per heavy atom. The highest BCUT2D eigenvalue weighted by Crippen LogP contribution is 2.07. The molecule has 1 aliphatic rings. The molecule has 0 aromatic carbocycles. The van der Waals surface area contributed by atoms with Crippen LogP contribution >= 0.6 is 0 Å². The van der Waals surface area contributed by atoms with E-state index in [0.717, 1.165) is 64.0 Å². The Kier molecular flexibility index (Phi) is 8.76. The lowest BCUT2D eigenvalue weighted by molar-refractivity contribution is 0.169. The van der Waals surface area contributed by atoms with Gasteiger partial charge in [0.2, 0.25) is 0 Å². The Bertz CT molecular complexity index is 478. The summed E-state index contributed by atoms with van der Waals surface area (Å²) < 4.78 is 4.91. The second-order valence-electron chi connectivity index (χ2n) is 6.46. The van der Waals surface area contributed by atoms with Gasteiger partial charge in [-0.1, -0.05) is 19.0 Å². The molecule has 1 fully saturated rings. The number of rotatable bonds is 9. The van der Waals surface area contributed by atoms with Crippen molar-refractivity contribution in [2.75, 3.05) is 59.4 Å². The molecule has 1 saturated heterocycles. The third kappa shape index (κ3) is 6.66. The predicted molar refractivity (Wildman–Crippen MR) is 102 cm³/mol. The van der Waals surface area contributed by atoms with Crippen molar-refractivity contribution in [2.45, 2.75) is 33.2 Å². The minimum Gasteiger partial charge on any atom is -0.364 e. The average molecular weight is 351 g/mol. The summed E-state index contributed by atoms with van der Waals surface area (Å²) in [5.41, 5.74) is 1.00. The van der Waals surface area contributed by atoms with Gasteiger partial charge < -0.3 is 19.6 Å². The summed E-state index contributed by atoms with van der Waals surface area (Å²) in [6, 6.07) is 1.94. The second kappa shape index (κ2) is 11.1. The maximum atomic E-state index is 4.91. The molecule has 0 saturated carbocycles. The Morgan fingerprint density at radius 1 is 1.24 bits per heavy atom. The van der Waals surface area contributed by atoms with E-state index < -0.39 is 0 Å². The lowest BCUT2D eigenvalue weighted by Crippen LogP contribution is -2.52. The molecule has 0 radical (unpaired) electrons. The molecule has 0 bridgehead atoms. The molecule has 142 valence electrons. The smallest absolute Gasteiger partial charge is 0.193 e. The van der Waals surface area contributed by atoms with Crippen molar-refractivity contribution < 1.29 is 4.52 Å². The molecule has 0 amide bonds. The Labute approximate surface area is 152 Å². The van der Waals surface area contributed by atoms with E-state index in [1.807, 2.05) is 13.1 Å². The maximum Gasteiger partial charge on any atom is 0.193 e. The fraction of sp³-hybridized carbons (Fsp3) is 0.778. The van der Waals surface area contributed by atoms with Crippen LogP contribution in [0.3, 0.4) is 0 Å². The monoisotopic (exact) mass is 350 g/mol. The molecule has 0 aliphatic carbocycles. The molecule has 2 rings (SSSR count). The van der Waals surface area contributed by atoms with Gasteiger partial charge in [0.1, 0.15) is 6.26 Å². The van der Waals surface area contributed by atoms with Crippen LogP contribution in [0.1, 0.15) is 32.4 Å². The van der Waals surface area contributed by atoms with Gasteiger partial charge in [0, 0.05) is 52.4 Å². The van der Waals surface area contributed by atoms with Crippen LogP contribution in [0, 0.1) is 0 Å². The minimum atomic E-state index is 0.863. The Hall–Kier alpha value is -1.60. The summed E-state index contributed by atoms with van der Waals surface area (Å²) in [6.07, 6.45) is 4.05. The standard InChI is InChI=1S/C18H34N6O/c1-4-22(5-2)10-7-6-9-20-18(19-3)24-13-11-23(12-14-24)16-17-8-15-25-21-17/h8,15H,4-7,9-14,16H2,1-3H3,(H,19,20). The third-order valence-corrected chi connectivity index (χ3v) is 4.84. The highest BCUT2D eigenvalue weighted by Gasteiger charge is 2.20.